The maximum Gasteiger partial charge on any atom is 0.323 e. The standard InChI is InChI=1S/C20H27N3O5S/c24-18(25)11-23-17-4-2-1-3-13(17)5-6-15(19(23)26)22-16(20(27)28)12-29-14-7-9-21-10-8-14/h1-4,14-16,21-22H,5-12H2,(H,24,25)(H,27,28)/t15?,16-/m0/s1. The van der Waals surface area contributed by atoms with Crippen LogP contribution in [0, 0.1) is 0 Å². The maximum absolute atomic E-state index is 13.1. The average Bonchev–Trinajstić information content (AvgIpc) is 2.83. The Hall–Kier alpha value is -2.10. The number of piperidine rings is 1. The molecular weight excluding hydrogens is 394 g/mol. The molecule has 9 heteroatoms. The Morgan fingerprint density at radius 2 is 1.93 bits per heavy atom. The Bertz CT molecular complexity index is 753. The van der Waals surface area contributed by atoms with Crippen LogP contribution in [0.1, 0.15) is 24.8 Å². The Morgan fingerprint density at radius 3 is 2.62 bits per heavy atom. The first kappa shape index (κ1) is 21.6. The van der Waals surface area contributed by atoms with Gasteiger partial charge in [-0.2, -0.15) is 11.8 Å². The first-order chi connectivity index (χ1) is 14.0. The van der Waals surface area contributed by atoms with Crippen molar-refractivity contribution >= 4 is 35.3 Å². The molecule has 29 heavy (non-hydrogen) atoms. The number of carbonyl (C=O) groups is 3. The summed E-state index contributed by atoms with van der Waals surface area (Å²) >= 11 is 1.63. The van der Waals surface area contributed by atoms with Gasteiger partial charge in [0, 0.05) is 16.7 Å². The van der Waals surface area contributed by atoms with Gasteiger partial charge < -0.3 is 15.5 Å². The molecule has 3 rings (SSSR count). The first-order valence-electron chi connectivity index (χ1n) is 9.88. The van der Waals surface area contributed by atoms with E-state index in [-0.39, 0.29) is 0 Å². The van der Waals surface area contributed by atoms with Crippen LogP contribution in [0.3, 0.4) is 0 Å². The zero-order chi connectivity index (χ0) is 20.8. The van der Waals surface area contributed by atoms with Crippen molar-refractivity contribution in [2.45, 2.75) is 43.0 Å². The molecule has 0 saturated carbocycles. The lowest BCUT2D eigenvalue weighted by atomic mass is 10.1. The van der Waals surface area contributed by atoms with E-state index in [1.165, 1.54) is 4.90 Å². The van der Waals surface area contributed by atoms with Crippen LogP contribution in [-0.2, 0) is 20.8 Å². The Kier molecular flexibility index (Phi) is 7.51. The van der Waals surface area contributed by atoms with E-state index in [9.17, 15) is 24.6 Å². The highest BCUT2D eigenvalue weighted by Crippen LogP contribution is 2.27. The fourth-order valence-electron chi connectivity index (χ4n) is 3.80. The maximum atomic E-state index is 13.1. The molecule has 0 bridgehead atoms. The molecule has 0 aliphatic carbocycles. The Morgan fingerprint density at radius 1 is 1.21 bits per heavy atom. The third-order valence-corrected chi connectivity index (χ3v) is 6.80. The normalized spacial score (nSPS) is 21.3. The summed E-state index contributed by atoms with van der Waals surface area (Å²) in [5.74, 6) is -2.12. The van der Waals surface area contributed by atoms with Crippen LogP contribution < -0.4 is 15.5 Å². The molecule has 0 radical (unpaired) electrons. The van der Waals surface area contributed by atoms with Crippen LogP contribution in [0.2, 0.25) is 0 Å². The molecule has 1 unspecified atom stereocenters. The minimum Gasteiger partial charge on any atom is -0.480 e. The number of benzene rings is 1. The molecule has 0 spiro atoms. The van der Waals surface area contributed by atoms with Crippen molar-refractivity contribution in [2.24, 2.45) is 0 Å². The monoisotopic (exact) mass is 421 g/mol. The van der Waals surface area contributed by atoms with Crippen molar-refractivity contribution in [1.82, 2.24) is 10.6 Å². The molecule has 0 aromatic heterocycles. The van der Waals surface area contributed by atoms with E-state index in [0.29, 0.717) is 29.5 Å². The fourth-order valence-corrected chi connectivity index (χ4v) is 5.07. The van der Waals surface area contributed by atoms with E-state index in [2.05, 4.69) is 10.6 Å². The van der Waals surface area contributed by atoms with E-state index < -0.39 is 36.5 Å². The number of carboxylic acid groups (broad SMARTS) is 2. The van der Waals surface area contributed by atoms with Crippen LogP contribution in [0.15, 0.2) is 24.3 Å². The number of nitrogens with zero attached hydrogens (tertiary/aromatic N) is 1. The minimum absolute atomic E-state index is 0.371. The highest BCUT2D eigenvalue weighted by Gasteiger charge is 2.34. The molecule has 1 aromatic rings. The zero-order valence-electron chi connectivity index (χ0n) is 16.2. The molecule has 4 N–H and O–H groups in total. The van der Waals surface area contributed by atoms with Crippen molar-refractivity contribution in [3.05, 3.63) is 29.8 Å². The van der Waals surface area contributed by atoms with Gasteiger partial charge in [-0.3, -0.25) is 24.6 Å². The number of nitrogens with one attached hydrogen (secondary N) is 2. The molecule has 158 valence electrons. The summed E-state index contributed by atoms with van der Waals surface area (Å²) in [5, 5.41) is 25.6. The molecule has 1 fully saturated rings. The first-order valence-corrected chi connectivity index (χ1v) is 10.9. The average molecular weight is 422 g/mol. The van der Waals surface area contributed by atoms with Crippen molar-refractivity contribution in [3.8, 4) is 0 Å². The van der Waals surface area contributed by atoms with E-state index in [1.807, 2.05) is 12.1 Å². The van der Waals surface area contributed by atoms with Gasteiger partial charge in [0.25, 0.3) is 0 Å². The number of carbonyl (C=O) groups excluding carboxylic acids is 1. The van der Waals surface area contributed by atoms with Gasteiger partial charge in [0.05, 0.1) is 6.04 Å². The number of anilines is 1. The van der Waals surface area contributed by atoms with Crippen molar-refractivity contribution < 1.29 is 24.6 Å². The molecule has 2 atom stereocenters. The fraction of sp³-hybridized carbons (Fsp3) is 0.550. The second kappa shape index (κ2) is 10.1. The van der Waals surface area contributed by atoms with Crippen LogP contribution in [0.25, 0.3) is 0 Å². The number of hydrogen-bond acceptors (Lipinski definition) is 6. The van der Waals surface area contributed by atoms with E-state index in [4.69, 9.17) is 0 Å². The summed E-state index contributed by atoms with van der Waals surface area (Å²) < 4.78 is 0. The summed E-state index contributed by atoms with van der Waals surface area (Å²) in [6.45, 7) is 1.42. The third-order valence-electron chi connectivity index (χ3n) is 5.33. The van der Waals surface area contributed by atoms with Gasteiger partial charge in [0.1, 0.15) is 12.6 Å². The van der Waals surface area contributed by atoms with Gasteiger partial charge in [0.15, 0.2) is 0 Å². The number of fused-ring (bicyclic) bond motifs is 1. The van der Waals surface area contributed by atoms with E-state index in [0.717, 1.165) is 31.5 Å². The third kappa shape index (κ3) is 5.71. The Balaban J connectivity index is 1.71. The van der Waals surface area contributed by atoms with Crippen molar-refractivity contribution in [3.63, 3.8) is 0 Å². The number of amides is 1. The smallest absolute Gasteiger partial charge is 0.323 e. The SMILES string of the molecule is O=C(O)CN1C(=O)C(N[C@@H](CSC2CCNCC2)C(=O)O)CCc2ccccc21. The summed E-state index contributed by atoms with van der Waals surface area (Å²) in [6, 6.07) is 5.63. The number of hydrogen-bond donors (Lipinski definition) is 4. The van der Waals surface area contributed by atoms with Gasteiger partial charge in [-0.1, -0.05) is 18.2 Å². The number of aryl methyl sites for hydroxylation is 1. The molecule has 1 amide bonds. The van der Waals surface area contributed by atoms with E-state index in [1.54, 1.807) is 23.9 Å². The number of thioether (sulfide) groups is 1. The largest absolute Gasteiger partial charge is 0.480 e. The molecule has 2 heterocycles. The lowest BCUT2D eigenvalue weighted by molar-refractivity contribution is -0.140. The lowest BCUT2D eigenvalue weighted by Gasteiger charge is -2.28. The van der Waals surface area contributed by atoms with Crippen LogP contribution >= 0.6 is 11.8 Å². The van der Waals surface area contributed by atoms with Gasteiger partial charge >= 0.3 is 11.9 Å². The Labute approximate surface area is 174 Å². The second-order valence-corrected chi connectivity index (χ2v) is 8.71. The topological polar surface area (TPSA) is 119 Å². The molecule has 1 aromatic carbocycles. The molecule has 1 saturated heterocycles. The number of aliphatic carboxylic acids is 2. The summed E-state index contributed by atoms with van der Waals surface area (Å²) in [7, 11) is 0. The van der Waals surface area contributed by atoms with Crippen molar-refractivity contribution in [1.29, 1.82) is 0 Å². The number of rotatable bonds is 8. The van der Waals surface area contributed by atoms with Crippen LogP contribution in [0.4, 0.5) is 5.69 Å². The summed E-state index contributed by atoms with van der Waals surface area (Å²) in [5.41, 5.74) is 1.47. The van der Waals surface area contributed by atoms with Gasteiger partial charge in [0.2, 0.25) is 5.91 Å². The van der Waals surface area contributed by atoms with Crippen molar-refractivity contribution in [2.75, 3.05) is 30.3 Å². The molecular formula is C20H27N3O5S. The van der Waals surface area contributed by atoms with Crippen LogP contribution in [-0.4, -0.2) is 70.8 Å². The van der Waals surface area contributed by atoms with E-state index >= 15 is 0 Å². The predicted octanol–water partition coefficient (Wildman–Crippen LogP) is 0.947. The van der Waals surface area contributed by atoms with Crippen LogP contribution in [0.5, 0.6) is 0 Å². The number of para-hydroxylation sites is 1. The minimum atomic E-state index is -1.11. The van der Waals surface area contributed by atoms with Gasteiger partial charge in [-0.05, 0) is 50.4 Å². The number of carboxylic acids is 2. The molecule has 8 nitrogen and oxygen atoms in total. The molecule has 2 aliphatic heterocycles. The second-order valence-electron chi connectivity index (χ2n) is 7.38. The van der Waals surface area contributed by atoms with Gasteiger partial charge in [-0.15, -0.1) is 0 Å². The highest BCUT2D eigenvalue weighted by atomic mass is 32.2. The highest BCUT2D eigenvalue weighted by molar-refractivity contribution is 8.00. The quantitative estimate of drug-likeness (QED) is 0.490. The predicted molar refractivity (Wildman–Crippen MR) is 111 cm³/mol. The summed E-state index contributed by atoms with van der Waals surface area (Å²) in [6.07, 6.45) is 3.00. The van der Waals surface area contributed by atoms with Gasteiger partial charge in [-0.25, -0.2) is 0 Å². The molecule has 2 aliphatic rings. The summed E-state index contributed by atoms with van der Waals surface area (Å²) in [4.78, 5) is 37.5. The lowest BCUT2D eigenvalue weighted by Crippen LogP contribution is -2.53. The zero-order valence-corrected chi connectivity index (χ0v) is 17.0.